The molecule has 1 saturated carbocycles. The lowest BCUT2D eigenvalue weighted by Gasteiger charge is -2.36. The molecule has 0 radical (unpaired) electrons. The van der Waals surface area contributed by atoms with Gasteiger partial charge in [-0.25, -0.2) is 0 Å². The van der Waals surface area contributed by atoms with Crippen LogP contribution in [0.3, 0.4) is 0 Å². The maximum atomic E-state index is 12.0. The van der Waals surface area contributed by atoms with Crippen LogP contribution in [-0.2, 0) is 9.53 Å². The lowest BCUT2D eigenvalue weighted by Crippen LogP contribution is -2.52. The number of nitrogens with one attached hydrogen (secondary N) is 1. The zero-order chi connectivity index (χ0) is 13.7. The smallest absolute Gasteiger partial charge is 0.234 e. The van der Waals surface area contributed by atoms with E-state index in [4.69, 9.17) is 10.5 Å². The van der Waals surface area contributed by atoms with E-state index in [1.807, 2.05) is 7.05 Å². The van der Waals surface area contributed by atoms with Gasteiger partial charge in [0.15, 0.2) is 0 Å². The van der Waals surface area contributed by atoms with Crippen LogP contribution >= 0.6 is 0 Å². The van der Waals surface area contributed by atoms with E-state index in [0.717, 1.165) is 38.9 Å². The van der Waals surface area contributed by atoms with E-state index in [1.54, 1.807) is 0 Å². The predicted molar refractivity (Wildman–Crippen MR) is 74.8 cm³/mol. The highest BCUT2D eigenvalue weighted by molar-refractivity contribution is 5.78. The second-order valence-electron chi connectivity index (χ2n) is 5.88. The summed E-state index contributed by atoms with van der Waals surface area (Å²) < 4.78 is 5.29. The Kier molecular flexibility index (Phi) is 5.60. The Balaban J connectivity index is 1.74. The molecule has 0 spiro atoms. The molecule has 2 unspecified atom stereocenters. The van der Waals surface area contributed by atoms with Crippen LogP contribution in [0.4, 0.5) is 0 Å². The van der Waals surface area contributed by atoms with E-state index >= 15 is 0 Å². The first-order chi connectivity index (χ1) is 9.16. The summed E-state index contributed by atoms with van der Waals surface area (Å²) in [6.45, 7) is 1.97. The molecule has 1 saturated heterocycles. The van der Waals surface area contributed by atoms with Gasteiger partial charge in [0, 0.05) is 31.3 Å². The van der Waals surface area contributed by atoms with Crippen molar-refractivity contribution in [1.82, 2.24) is 10.2 Å². The van der Waals surface area contributed by atoms with Crippen LogP contribution in [0.25, 0.3) is 0 Å². The van der Waals surface area contributed by atoms with Crippen molar-refractivity contribution in [3.8, 4) is 0 Å². The maximum absolute atomic E-state index is 12.0. The van der Waals surface area contributed by atoms with Crippen LogP contribution in [0.2, 0.25) is 0 Å². The van der Waals surface area contributed by atoms with Crippen molar-refractivity contribution in [1.29, 1.82) is 0 Å². The third-order valence-electron chi connectivity index (χ3n) is 4.33. The van der Waals surface area contributed by atoms with Crippen LogP contribution < -0.4 is 11.1 Å². The molecule has 0 aromatic rings. The molecule has 2 rings (SSSR count). The Labute approximate surface area is 115 Å². The van der Waals surface area contributed by atoms with Gasteiger partial charge in [-0.05, 0) is 32.7 Å². The summed E-state index contributed by atoms with van der Waals surface area (Å²) in [5.41, 5.74) is 6.15. The SMILES string of the molecule is CN(CC(=O)NC1CCOCC1)C1CCCCC1N. The average Bonchev–Trinajstić information content (AvgIpc) is 2.40. The first kappa shape index (κ1) is 14.8. The van der Waals surface area contributed by atoms with Crippen molar-refractivity contribution in [2.45, 2.75) is 56.7 Å². The van der Waals surface area contributed by atoms with Gasteiger partial charge < -0.3 is 15.8 Å². The molecule has 19 heavy (non-hydrogen) atoms. The fraction of sp³-hybridized carbons (Fsp3) is 0.929. The van der Waals surface area contributed by atoms with Gasteiger partial charge in [0.05, 0.1) is 6.54 Å². The van der Waals surface area contributed by atoms with Gasteiger partial charge in [0.2, 0.25) is 5.91 Å². The Morgan fingerprint density at radius 1 is 1.26 bits per heavy atom. The molecular formula is C14H27N3O2. The number of amides is 1. The van der Waals surface area contributed by atoms with E-state index in [1.165, 1.54) is 12.8 Å². The van der Waals surface area contributed by atoms with Gasteiger partial charge in [0.25, 0.3) is 0 Å². The second kappa shape index (κ2) is 7.22. The number of carbonyl (C=O) groups is 1. The number of rotatable bonds is 4. The van der Waals surface area contributed by atoms with Crippen LogP contribution in [0, 0.1) is 0 Å². The summed E-state index contributed by atoms with van der Waals surface area (Å²) in [5, 5.41) is 3.10. The molecule has 2 fully saturated rings. The topological polar surface area (TPSA) is 67.6 Å². The number of carbonyl (C=O) groups excluding carboxylic acids is 1. The minimum Gasteiger partial charge on any atom is -0.381 e. The lowest BCUT2D eigenvalue weighted by molar-refractivity contribution is -0.123. The zero-order valence-electron chi connectivity index (χ0n) is 11.9. The Morgan fingerprint density at radius 2 is 1.95 bits per heavy atom. The van der Waals surface area contributed by atoms with E-state index in [2.05, 4.69) is 10.2 Å². The molecule has 0 bridgehead atoms. The number of nitrogens with two attached hydrogens (primary N) is 1. The first-order valence-corrected chi connectivity index (χ1v) is 7.50. The number of ether oxygens (including phenoxy) is 1. The predicted octanol–water partition coefficient (Wildman–Crippen LogP) is 0.483. The molecule has 2 atom stereocenters. The summed E-state index contributed by atoms with van der Waals surface area (Å²) in [6, 6.07) is 0.860. The summed E-state index contributed by atoms with van der Waals surface area (Å²) >= 11 is 0. The zero-order valence-corrected chi connectivity index (χ0v) is 11.9. The summed E-state index contributed by atoms with van der Waals surface area (Å²) in [4.78, 5) is 14.2. The highest BCUT2D eigenvalue weighted by atomic mass is 16.5. The molecule has 110 valence electrons. The Bertz CT molecular complexity index is 292. The molecule has 1 amide bonds. The molecule has 0 aromatic heterocycles. The fourth-order valence-corrected chi connectivity index (χ4v) is 3.15. The van der Waals surface area contributed by atoms with Crippen LogP contribution in [0.15, 0.2) is 0 Å². The van der Waals surface area contributed by atoms with Gasteiger partial charge >= 0.3 is 0 Å². The second-order valence-corrected chi connectivity index (χ2v) is 5.88. The van der Waals surface area contributed by atoms with Crippen molar-refractivity contribution in [2.24, 2.45) is 5.73 Å². The van der Waals surface area contributed by atoms with E-state index in [0.29, 0.717) is 12.6 Å². The minimum absolute atomic E-state index is 0.118. The number of likely N-dealkylation sites (N-methyl/N-ethyl adjacent to an activating group) is 1. The number of hydrogen-bond acceptors (Lipinski definition) is 4. The highest BCUT2D eigenvalue weighted by Crippen LogP contribution is 2.20. The average molecular weight is 269 g/mol. The minimum atomic E-state index is 0.118. The molecule has 0 aromatic carbocycles. The largest absolute Gasteiger partial charge is 0.381 e. The van der Waals surface area contributed by atoms with Gasteiger partial charge in [-0.3, -0.25) is 9.69 Å². The number of nitrogens with zero attached hydrogens (tertiary/aromatic N) is 1. The van der Waals surface area contributed by atoms with Crippen molar-refractivity contribution >= 4 is 5.91 Å². The van der Waals surface area contributed by atoms with E-state index in [9.17, 15) is 4.79 Å². The standard InChI is InChI=1S/C14H27N3O2/c1-17(13-5-3-2-4-12(13)15)10-14(18)16-11-6-8-19-9-7-11/h11-13H,2-10,15H2,1H3,(H,16,18). The van der Waals surface area contributed by atoms with Gasteiger partial charge in [-0.1, -0.05) is 12.8 Å². The van der Waals surface area contributed by atoms with E-state index in [-0.39, 0.29) is 18.0 Å². The molecule has 5 nitrogen and oxygen atoms in total. The van der Waals surface area contributed by atoms with Gasteiger partial charge in [-0.2, -0.15) is 0 Å². The summed E-state index contributed by atoms with van der Waals surface area (Å²) in [6.07, 6.45) is 6.50. The molecule has 1 aliphatic carbocycles. The van der Waals surface area contributed by atoms with Crippen molar-refractivity contribution in [3.63, 3.8) is 0 Å². The molecule has 3 N–H and O–H groups in total. The monoisotopic (exact) mass is 269 g/mol. The quantitative estimate of drug-likeness (QED) is 0.779. The summed E-state index contributed by atoms with van der Waals surface area (Å²) in [5.74, 6) is 0.118. The third-order valence-corrected chi connectivity index (χ3v) is 4.33. The van der Waals surface area contributed by atoms with Gasteiger partial charge in [-0.15, -0.1) is 0 Å². The number of hydrogen-bond donors (Lipinski definition) is 2. The van der Waals surface area contributed by atoms with E-state index < -0.39 is 0 Å². The summed E-state index contributed by atoms with van der Waals surface area (Å²) in [7, 11) is 2.01. The molecule has 1 aliphatic heterocycles. The molecule has 5 heteroatoms. The maximum Gasteiger partial charge on any atom is 0.234 e. The lowest BCUT2D eigenvalue weighted by atomic mass is 9.90. The molecule has 2 aliphatic rings. The van der Waals surface area contributed by atoms with Crippen LogP contribution in [0.5, 0.6) is 0 Å². The first-order valence-electron chi connectivity index (χ1n) is 7.50. The van der Waals surface area contributed by atoms with Gasteiger partial charge in [0.1, 0.15) is 0 Å². The van der Waals surface area contributed by atoms with Crippen LogP contribution in [-0.4, -0.2) is 55.7 Å². The normalized spacial score (nSPS) is 29.4. The Morgan fingerprint density at radius 3 is 2.63 bits per heavy atom. The van der Waals surface area contributed by atoms with Crippen molar-refractivity contribution in [3.05, 3.63) is 0 Å². The Hall–Kier alpha value is -0.650. The third kappa shape index (κ3) is 4.44. The fourth-order valence-electron chi connectivity index (χ4n) is 3.15. The van der Waals surface area contributed by atoms with Crippen molar-refractivity contribution in [2.75, 3.05) is 26.8 Å². The van der Waals surface area contributed by atoms with Crippen LogP contribution in [0.1, 0.15) is 38.5 Å². The van der Waals surface area contributed by atoms with Crippen molar-refractivity contribution < 1.29 is 9.53 Å². The molecule has 1 heterocycles. The highest BCUT2D eigenvalue weighted by Gasteiger charge is 2.27. The molecular weight excluding hydrogens is 242 g/mol.